The fourth-order valence-corrected chi connectivity index (χ4v) is 6.76. The number of anilines is 2. The van der Waals surface area contributed by atoms with Gasteiger partial charge in [0.2, 0.25) is 5.91 Å². The van der Waals surface area contributed by atoms with Crippen LogP contribution in [0, 0.1) is 23.0 Å². The second kappa shape index (κ2) is 11.0. The van der Waals surface area contributed by atoms with Crippen molar-refractivity contribution in [1.82, 2.24) is 14.9 Å². The molecule has 4 aromatic rings. The zero-order chi connectivity index (χ0) is 31.4. The third-order valence-electron chi connectivity index (χ3n) is 7.76. The number of ether oxygens (including phenoxy) is 1. The van der Waals surface area contributed by atoms with Gasteiger partial charge in [-0.3, -0.25) is 4.79 Å². The summed E-state index contributed by atoms with van der Waals surface area (Å²) in [7, 11) is 1.24. The largest absolute Gasteiger partial charge is 0.467 e. The minimum Gasteiger partial charge on any atom is -0.467 e. The summed E-state index contributed by atoms with van der Waals surface area (Å²) in [5.41, 5.74) is 2.53. The summed E-state index contributed by atoms with van der Waals surface area (Å²) in [4.78, 5) is 24.1. The van der Waals surface area contributed by atoms with Gasteiger partial charge in [-0.2, -0.15) is 28.4 Å². The summed E-state index contributed by atoms with van der Waals surface area (Å²) in [6.07, 6.45) is -3.42. The zero-order valence-corrected chi connectivity index (χ0v) is 24.0. The smallest absolute Gasteiger partial charge is 0.417 e. The van der Waals surface area contributed by atoms with Crippen LogP contribution in [0.25, 0.3) is 32.1 Å². The second-order valence-electron chi connectivity index (χ2n) is 9.91. The van der Waals surface area contributed by atoms with Gasteiger partial charge in [-0.05, 0) is 44.0 Å². The molecule has 1 amide bonds. The van der Waals surface area contributed by atoms with Crippen molar-refractivity contribution in [2.75, 3.05) is 30.8 Å². The van der Waals surface area contributed by atoms with Gasteiger partial charge in [-0.25, -0.2) is 8.78 Å². The molecule has 0 radical (unpaired) electrons. The number of hydrogen-bond acceptors (Lipinski definition) is 8. The number of methoxy groups -OCH3 is 1. The van der Waals surface area contributed by atoms with Crippen LogP contribution in [0.5, 0.6) is 6.01 Å². The minimum absolute atomic E-state index is 0.00760. The average Bonchev–Trinajstić information content (AvgIpc) is 3.52. The molecular weight excluding hydrogens is 591 g/mol. The zero-order valence-electron chi connectivity index (χ0n) is 23.2. The van der Waals surface area contributed by atoms with Crippen molar-refractivity contribution >= 4 is 49.1 Å². The monoisotopic (exact) mass is 616 g/mol. The number of rotatable bonds is 6. The molecule has 1 saturated heterocycles. The van der Waals surface area contributed by atoms with E-state index in [0.717, 1.165) is 18.2 Å². The average molecular weight is 617 g/mol. The van der Waals surface area contributed by atoms with E-state index in [1.807, 2.05) is 0 Å². The molecule has 1 fully saturated rings. The normalized spacial score (nSPS) is 17.0. The van der Waals surface area contributed by atoms with E-state index in [9.17, 15) is 27.6 Å². The van der Waals surface area contributed by atoms with Crippen molar-refractivity contribution in [3.05, 3.63) is 53.6 Å². The van der Waals surface area contributed by atoms with Gasteiger partial charge >= 0.3 is 12.2 Å². The molecule has 2 aromatic heterocycles. The number of amides is 1. The highest BCUT2D eigenvalue weighted by atomic mass is 32.1. The third-order valence-corrected chi connectivity index (χ3v) is 8.79. The number of fused-ring (bicyclic) bond motifs is 2. The van der Waals surface area contributed by atoms with E-state index in [0.29, 0.717) is 24.3 Å². The van der Waals surface area contributed by atoms with Crippen LogP contribution in [0.4, 0.5) is 32.8 Å². The maximum absolute atomic E-state index is 16.6. The summed E-state index contributed by atoms with van der Waals surface area (Å²) in [5.74, 6) is -2.46. The number of likely N-dealkylation sites (N-methyl/N-ethyl adjacent to an activating group) is 1. The summed E-state index contributed by atoms with van der Waals surface area (Å²) >= 11 is 0.685. The van der Waals surface area contributed by atoms with Crippen molar-refractivity contribution in [2.24, 2.45) is 0 Å². The Morgan fingerprint density at radius 3 is 2.67 bits per heavy atom. The summed E-state index contributed by atoms with van der Waals surface area (Å²) in [5, 5.41) is 9.12. The molecule has 2 aromatic carbocycles. The van der Waals surface area contributed by atoms with E-state index in [1.165, 1.54) is 13.2 Å². The molecule has 0 bridgehead atoms. The lowest BCUT2D eigenvalue weighted by atomic mass is 9.92. The molecule has 43 heavy (non-hydrogen) atoms. The molecule has 1 aliphatic heterocycles. The van der Waals surface area contributed by atoms with Gasteiger partial charge in [-0.15, -0.1) is 11.3 Å². The number of nitriles is 1. The van der Waals surface area contributed by atoms with Crippen LogP contribution in [-0.4, -0.2) is 53.1 Å². The maximum atomic E-state index is 16.6. The number of alkyl halides is 3. The number of likely N-dealkylation sites (tertiary alicyclic amines) is 1. The minimum atomic E-state index is -5.08. The number of halogens is 5. The molecule has 2 atom stereocenters. The molecule has 0 spiro atoms. The van der Waals surface area contributed by atoms with E-state index in [2.05, 4.69) is 16.5 Å². The number of hydrogen-bond donors (Lipinski definition) is 1. The fraction of sp³-hybridized carbons (Fsp3) is 0.310. The Morgan fingerprint density at radius 1 is 1.35 bits per heavy atom. The Balaban J connectivity index is 1.84. The number of nitrogen functional groups attached to an aromatic ring is 1. The van der Waals surface area contributed by atoms with Crippen LogP contribution in [0.2, 0.25) is 0 Å². The van der Waals surface area contributed by atoms with E-state index in [1.54, 1.807) is 29.7 Å². The Kier molecular flexibility index (Phi) is 7.64. The molecule has 14 heteroatoms. The first kappa shape index (κ1) is 30.0. The van der Waals surface area contributed by atoms with Gasteiger partial charge < -0.3 is 20.3 Å². The number of nitrogens with zero attached hydrogens (tertiary/aromatic N) is 5. The molecular formula is C29H25F5N6O2S. The molecule has 0 unspecified atom stereocenters. The topological polar surface area (TPSA) is 108 Å². The first-order chi connectivity index (χ1) is 20.4. The van der Waals surface area contributed by atoms with E-state index < -0.39 is 34.5 Å². The van der Waals surface area contributed by atoms with Crippen LogP contribution in [0.3, 0.4) is 0 Å². The first-order valence-electron chi connectivity index (χ1n) is 13.1. The molecule has 2 N–H and O–H groups in total. The highest BCUT2D eigenvalue weighted by molar-refractivity contribution is 7.23. The van der Waals surface area contributed by atoms with Crippen molar-refractivity contribution in [3.8, 4) is 23.2 Å². The molecule has 5 rings (SSSR count). The maximum Gasteiger partial charge on any atom is 0.417 e. The number of benzene rings is 2. The predicted octanol–water partition coefficient (Wildman–Crippen LogP) is 6.27. The van der Waals surface area contributed by atoms with E-state index in [4.69, 9.17) is 10.5 Å². The Labute approximate surface area is 246 Å². The number of carbonyl (C=O) groups excluding carboxylic acids is 1. The Hall–Kier alpha value is -4.51. The summed E-state index contributed by atoms with van der Waals surface area (Å²) in [6.45, 7) is 7.73. The molecule has 3 heterocycles. The van der Waals surface area contributed by atoms with Gasteiger partial charge in [0.25, 0.3) is 0 Å². The van der Waals surface area contributed by atoms with Gasteiger partial charge in [0.1, 0.15) is 28.2 Å². The van der Waals surface area contributed by atoms with Gasteiger partial charge in [0.05, 0.1) is 29.0 Å². The quantitative estimate of drug-likeness (QED) is 0.201. The first-order valence-corrected chi connectivity index (χ1v) is 13.9. The lowest BCUT2D eigenvalue weighted by Gasteiger charge is -2.34. The van der Waals surface area contributed by atoms with Crippen LogP contribution >= 0.6 is 11.3 Å². The Bertz CT molecular complexity index is 1830. The van der Waals surface area contributed by atoms with Gasteiger partial charge in [-0.1, -0.05) is 12.6 Å². The van der Waals surface area contributed by atoms with Crippen LogP contribution in [-0.2, 0) is 11.0 Å². The third kappa shape index (κ3) is 4.77. The standard InChI is InChI=1S/C29H25F5N6O2S/c1-5-20(41)40-10-9-19(13(40)3)39(6-2)27-15-11-17(29(32,33)34)22(23(31)24(15)37-28(38-27)42-4)14-7-8-18(30)25-21(14)16(12-35)26(36)43-25/h5,7-8,11,13,19H,1,6,9-10,36H2,2-4H3/t13-,19-/m1/s1. The van der Waals surface area contributed by atoms with Crippen molar-refractivity contribution in [3.63, 3.8) is 0 Å². The van der Waals surface area contributed by atoms with Crippen LogP contribution < -0.4 is 15.4 Å². The van der Waals surface area contributed by atoms with Gasteiger partial charge in [0.15, 0.2) is 5.82 Å². The van der Waals surface area contributed by atoms with Crippen molar-refractivity contribution in [1.29, 1.82) is 5.26 Å². The lowest BCUT2D eigenvalue weighted by Crippen LogP contribution is -2.45. The molecule has 8 nitrogen and oxygen atoms in total. The van der Waals surface area contributed by atoms with Crippen LogP contribution in [0.15, 0.2) is 30.9 Å². The highest BCUT2D eigenvalue weighted by Gasteiger charge is 2.41. The lowest BCUT2D eigenvalue weighted by molar-refractivity contribution is -0.137. The molecule has 0 saturated carbocycles. The number of nitrogens with two attached hydrogens (primary N) is 1. The highest BCUT2D eigenvalue weighted by Crippen LogP contribution is 2.48. The van der Waals surface area contributed by atoms with Gasteiger partial charge in [0, 0.05) is 35.5 Å². The second-order valence-corrected chi connectivity index (χ2v) is 11.0. The van der Waals surface area contributed by atoms with Crippen molar-refractivity contribution in [2.45, 2.75) is 38.5 Å². The predicted molar refractivity (Wildman–Crippen MR) is 154 cm³/mol. The van der Waals surface area contributed by atoms with E-state index in [-0.39, 0.29) is 68.0 Å². The number of thiophene rings is 1. The SMILES string of the molecule is C=CC(=O)N1CC[C@@H](N(CC)c2nc(OC)nc3c(F)c(-c4ccc(F)c5sc(N)c(C#N)c45)c(C(F)(F)F)cc23)[C@H]1C. The fourth-order valence-electron chi connectivity index (χ4n) is 5.81. The molecule has 1 aliphatic rings. The molecule has 224 valence electrons. The van der Waals surface area contributed by atoms with Crippen molar-refractivity contribution < 1.29 is 31.5 Å². The van der Waals surface area contributed by atoms with E-state index >= 15 is 4.39 Å². The summed E-state index contributed by atoms with van der Waals surface area (Å²) in [6, 6.07) is 3.42. The summed E-state index contributed by atoms with van der Waals surface area (Å²) < 4.78 is 80.6. The Morgan fingerprint density at radius 2 is 2.07 bits per heavy atom. The number of carbonyl (C=O) groups is 1. The number of aromatic nitrogens is 2. The van der Waals surface area contributed by atoms with Crippen LogP contribution in [0.1, 0.15) is 31.4 Å². The molecule has 0 aliphatic carbocycles.